The second-order valence-electron chi connectivity index (χ2n) is 24.0. The van der Waals surface area contributed by atoms with Crippen LogP contribution in [0.4, 0.5) is 0 Å². The lowest BCUT2D eigenvalue weighted by Crippen LogP contribution is -2.64. The monoisotopic (exact) mass is 1270 g/mol. The smallest absolute Gasteiger partial charge is 0.314 e. The summed E-state index contributed by atoms with van der Waals surface area (Å²) in [5.74, 6) is -11.2. The summed E-state index contributed by atoms with van der Waals surface area (Å²) in [6.45, 7) is 4.49. The zero-order valence-corrected chi connectivity index (χ0v) is 49.0. The Morgan fingerprint density at radius 1 is 0.591 bits per heavy atom. The first-order valence-corrected chi connectivity index (χ1v) is 29.2. The molecule has 23 unspecified atom stereocenters. The van der Waals surface area contributed by atoms with Crippen molar-refractivity contribution in [1.29, 1.82) is 0 Å². The van der Waals surface area contributed by atoms with E-state index in [-0.39, 0.29) is 31.6 Å². The second-order valence-corrected chi connectivity index (χ2v) is 24.0. The molecule has 0 aromatic carbocycles. The van der Waals surface area contributed by atoms with Gasteiger partial charge in [-0.15, -0.1) is 0 Å². The van der Waals surface area contributed by atoms with Crippen LogP contribution in [-0.2, 0) is 47.7 Å². The van der Waals surface area contributed by atoms with Crippen molar-refractivity contribution < 1.29 is 160 Å². The summed E-state index contributed by atoms with van der Waals surface area (Å²) in [5, 5.41) is 231. The Hall–Kier alpha value is -4.31. The van der Waals surface area contributed by atoms with E-state index in [1.807, 2.05) is 6.92 Å². The van der Waals surface area contributed by atoms with E-state index in [9.17, 15) is 112 Å². The SMILES string of the molecule is C=C1CC23CCC4C(C)(C(=O)OC5OC(CO)C(O)C(OC(O)/C(O)=C(\O)C(O)CCO)C5OO/C(CO)=C(\O)C(O)CCO)CCCC4(C)C2CCC1(OC1OC(CO)C(O)C(OC(O)/C(O)=C(/O)C(O)CCO)C1OC(O)/C(O)=C(/O)C(O)CC)C3. The number of ether oxygens (including phenoxy) is 7. The number of aliphatic hydroxyl groups is 22. The van der Waals surface area contributed by atoms with Crippen molar-refractivity contribution in [2.24, 2.45) is 28.1 Å². The molecule has 23 atom stereocenters. The molecule has 0 amide bonds. The minimum atomic E-state index is -2.64. The first-order valence-electron chi connectivity index (χ1n) is 29.2. The Labute approximate surface area is 505 Å². The molecule has 22 N–H and O–H groups in total. The summed E-state index contributed by atoms with van der Waals surface area (Å²) >= 11 is 0. The Balaban J connectivity index is 1.32. The third kappa shape index (κ3) is 14.8. The van der Waals surface area contributed by atoms with Gasteiger partial charge in [0.2, 0.25) is 30.9 Å². The standard InChI is InChI=1S/C56H90O32/c1-5-25(63)35(68)40(73)49(78)84-45-43(82-47(76)41(74)36(69)27(65)10-17-58)38(71)30(21-61)81-51(45)86-56-15-8-33-53(3)12-6-13-54(4,32(53)7-14-55(33,23-56)19-24(56)2)52(79)85-50-46(88-87-31(22-62)34(67)26(64)9-16-57)44(39(72)29(20-60)80-50)83-48(77)42(75)37(70)28(66)11-18-59/h25-30,32-33,38-39,43-51,57-78H,2,5-23H2,1,3-4H3/b34-31-,40-35-,41-36-,42-37+. The minimum Gasteiger partial charge on any atom is -0.506 e. The summed E-state index contributed by atoms with van der Waals surface area (Å²) in [7, 11) is 0. The fourth-order valence-corrected chi connectivity index (χ4v) is 14.0. The largest absolute Gasteiger partial charge is 0.506 e. The molecule has 4 saturated carbocycles. The van der Waals surface area contributed by atoms with Gasteiger partial charge in [-0.2, -0.15) is 4.89 Å². The summed E-state index contributed by atoms with van der Waals surface area (Å²) in [6, 6.07) is 0. The van der Waals surface area contributed by atoms with Gasteiger partial charge in [0.15, 0.2) is 52.7 Å². The number of rotatable bonds is 30. The van der Waals surface area contributed by atoms with E-state index in [4.69, 9.17) is 42.9 Å². The molecule has 6 rings (SSSR count). The molecule has 32 nitrogen and oxygen atoms in total. The van der Waals surface area contributed by atoms with Crippen LogP contribution in [-0.4, -0.2) is 268 Å². The van der Waals surface area contributed by atoms with Crippen molar-refractivity contribution in [2.45, 2.75) is 215 Å². The lowest BCUT2D eigenvalue weighted by Gasteiger charge is -2.64. The number of carbonyl (C=O) groups is 1. The minimum absolute atomic E-state index is 0.145. The molecule has 0 aromatic heterocycles. The van der Waals surface area contributed by atoms with E-state index in [1.165, 1.54) is 6.92 Å². The van der Waals surface area contributed by atoms with Crippen LogP contribution in [0.15, 0.2) is 58.2 Å². The summed E-state index contributed by atoms with van der Waals surface area (Å²) < 4.78 is 41.9. The van der Waals surface area contributed by atoms with E-state index >= 15 is 4.79 Å². The maximum atomic E-state index is 15.2. The normalized spacial score (nSPS) is 37.7. The first kappa shape index (κ1) is 72.7. The molecule has 2 aliphatic heterocycles. The zero-order chi connectivity index (χ0) is 65.5. The number of esters is 1. The highest BCUT2D eigenvalue weighted by atomic mass is 17.2. The molecule has 4 aliphatic carbocycles. The molecule has 88 heavy (non-hydrogen) atoms. The van der Waals surface area contributed by atoms with Crippen molar-refractivity contribution in [3.05, 3.63) is 58.2 Å². The molecule has 0 radical (unpaired) electrons. The highest BCUT2D eigenvalue weighted by Crippen LogP contribution is 2.74. The molecule has 32 heteroatoms. The van der Waals surface area contributed by atoms with E-state index in [0.717, 1.165) is 0 Å². The third-order valence-electron chi connectivity index (χ3n) is 18.6. The van der Waals surface area contributed by atoms with E-state index in [1.54, 1.807) is 6.92 Å². The van der Waals surface area contributed by atoms with Crippen molar-refractivity contribution in [2.75, 3.05) is 39.6 Å². The van der Waals surface area contributed by atoms with Crippen LogP contribution in [0.5, 0.6) is 0 Å². The predicted octanol–water partition coefficient (Wildman–Crippen LogP) is -2.03. The number of hydrogen-bond acceptors (Lipinski definition) is 32. The Morgan fingerprint density at radius 2 is 1.06 bits per heavy atom. The zero-order valence-electron chi connectivity index (χ0n) is 49.0. The van der Waals surface area contributed by atoms with Crippen molar-refractivity contribution >= 4 is 5.97 Å². The van der Waals surface area contributed by atoms with Gasteiger partial charge in [0, 0.05) is 39.1 Å². The fourth-order valence-electron chi connectivity index (χ4n) is 14.0. The molecular formula is C56H90O32. The molecule has 2 bridgehead atoms. The summed E-state index contributed by atoms with van der Waals surface area (Å²) in [4.78, 5) is 25.9. The van der Waals surface area contributed by atoms with E-state index < -0.39 is 243 Å². The predicted molar refractivity (Wildman–Crippen MR) is 291 cm³/mol. The molecular weight excluding hydrogens is 1180 g/mol. The van der Waals surface area contributed by atoms with Crippen LogP contribution >= 0.6 is 0 Å². The number of aliphatic hydroxyl groups excluding tert-OH is 22. The maximum Gasteiger partial charge on any atom is 0.314 e. The van der Waals surface area contributed by atoms with Crippen LogP contribution in [0.1, 0.15) is 104 Å². The van der Waals surface area contributed by atoms with Gasteiger partial charge in [-0.05, 0) is 93.0 Å². The highest BCUT2D eigenvalue weighted by Gasteiger charge is 2.70. The van der Waals surface area contributed by atoms with E-state index in [2.05, 4.69) is 6.58 Å². The second kappa shape index (κ2) is 30.4. The fraction of sp³-hybridized carbons (Fsp3) is 0.804. The van der Waals surface area contributed by atoms with Gasteiger partial charge in [-0.1, -0.05) is 26.8 Å². The van der Waals surface area contributed by atoms with Gasteiger partial charge >= 0.3 is 5.97 Å². The van der Waals surface area contributed by atoms with Gasteiger partial charge in [-0.3, -0.25) is 4.79 Å². The number of hydrogen-bond donors (Lipinski definition) is 22. The summed E-state index contributed by atoms with van der Waals surface area (Å²) in [5.41, 5.74) is -3.50. The lowest BCUT2D eigenvalue weighted by atomic mass is 9.41. The van der Waals surface area contributed by atoms with Crippen LogP contribution in [0.25, 0.3) is 0 Å². The molecule has 1 spiro atoms. The molecule has 6 aliphatic rings. The van der Waals surface area contributed by atoms with E-state index in [0.29, 0.717) is 44.1 Å². The lowest BCUT2D eigenvalue weighted by molar-refractivity contribution is -0.401. The van der Waals surface area contributed by atoms with Crippen LogP contribution in [0.2, 0.25) is 0 Å². The Bertz CT molecular complexity index is 2470. The van der Waals surface area contributed by atoms with Gasteiger partial charge in [-0.25, -0.2) is 0 Å². The van der Waals surface area contributed by atoms with Crippen molar-refractivity contribution in [3.63, 3.8) is 0 Å². The van der Waals surface area contributed by atoms with Crippen molar-refractivity contribution in [3.8, 4) is 0 Å². The van der Waals surface area contributed by atoms with Gasteiger partial charge in [0.05, 0.1) is 24.2 Å². The number of carbonyl (C=O) groups excluding carboxylic acids is 1. The Morgan fingerprint density at radius 3 is 1.55 bits per heavy atom. The average molecular weight is 1280 g/mol. The molecule has 6 fully saturated rings. The quantitative estimate of drug-likeness (QED) is 0.00701. The van der Waals surface area contributed by atoms with Crippen LogP contribution in [0.3, 0.4) is 0 Å². The Kier molecular flexibility index (Phi) is 25.1. The van der Waals surface area contributed by atoms with Crippen LogP contribution in [0, 0.1) is 28.1 Å². The first-order chi connectivity index (χ1) is 41.4. The summed E-state index contributed by atoms with van der Waals surface area (Å²) in [6.07, 6.45) is -33.3. The third-order valence-corrected chi connectivity index (χ3v) is 18.6. The maximum absolute atomic E-state index is 15.2. The number of fused-ring (bicyclic) bond motifs is 3. The topological polar surface area (TPSA) is 545 Å². The van der Waals surface area contributed by atoms with Gasteiger partial charge < -0.3 is 150 Å². The van der Waals surface area contributed by atoms with Gasteiger partial charge in [0.25, 0.3) is 0 Å². The molecule has 2 heterocycles. The van der Waals surface area contributed by atoms with Gasteiger partial charge in [0.1, 0.15) is 73.8 Å². The molecule has 2 saturated heterocycles. The molecule has 0 aromatic rings. The van der Waals surface area contributed by atoms with Crippen LogP contribution < -0.4 is 0 Å². The highest BCUT2D eigenvalue weighted by molar-refractivity contribution is 5.77. The van der Waals surface area contributed by atoms with Crippen molar-refractivity contribution in [1.82, 2.24) is 0 Å². The molecule has 506 valence electrons. The average Bonchev–Trinajstić information content (AvgIpc) is 1.40.